The number of carbonyl (C=O) groups is 2. The first-order valence-electron chi connectivity index (χ1n) is 10.9. The van der Waals surface area contributed by atoms with Crippen molar-refractivity contribution < 1.29 is 23.5 Å². The number of hydrogen-bond donors (Lipinski definition) is 1. The number of thiophene rings is 1. The summed E-state index contributed by atoms with van der Waals surface area (Å²) < 4.78 is 16.9. The summed E-state index contributed by atoms with van der Waals surface area (Å²) >= 11 is 1.46. The minimum atomic E-state index is -0.399. The van der Waals surface area contributed by atoms with Gasteiger partial charge in [0.25, 0.3) is 5.91 Å². The molecule has 0 aliphatic heterocycles. The van der Waals surface area contributed by atoms with Crippen LogP contribution in [-0.2, 0) is 24.2 Å². The first kappa shape index (κ1) is 22.1. The van der Waals surface area contributed by atoms with Crippen molar-refractivity contribution in [2.24, 2.45) is 0 Å². The second kappa shape index (κ2) is 9.61. The first-order chi connectivity index (χ1) is 15.4. The highest BCUT2D eigenvalue weighted by molar-refractivity contribution is 7.17. The summed E-state index contributed by atoms with van der Waals surface area (Å²) in [5.74, 6) is 0.699. The van der Waals surface area contributed by atoms with E-state index in [0.29, 0.717) is 16.3 Å². The molecule has 0 bridgehead atoms. The summed E-state index contributed by atoms with van der Waals surface area (Å²) in [5, 5.41) is 3.41. The van der Waals surface area contributed by atoms with Gasteiger partial charge in [-0.3, -0.25) is 4.79 Å². The fraction of sp³-hybridized carbons (Fsp3) is 0.360. The third kappa shape index (κ3) is 4.88. The van der Waals surface area contributed by atoms with Crippen LogP contribution in [0.1, 0.15) is 69.4 Å². The van der Waals surface area contributed by atoms with Crippen LogP contribution in [-0.4, -0.2) is 18.0 Å². The van der Waals surface area contributed by atoms with Crippen LogP contribution in [0.2, 0.25) is 0 Å². The number of fused-ring (bicyclic) bond motifs is 1. The highest BCUT2D eigenvalue weighted by Crippen LogP contribution is 2.39. The Balaban J connectivity index is 1.49. The predicted octanol–water partition coefficient (Wildman–Crippen LogP) is 5.92. The minimum absolute atomic E-state index is 0.169. The van der Waals surface area contributed by atoms with Gasteiger partial charge >= 0.3 is 5.97 Å². The Kier molecular flexibility index (Phi) is 6.65. The molecule has 1 amide bonds. The molecule has 0 atom stereocenters. The zero-order valence-corrected chi connectivity index (χ0v) is 19.3. The van der Waals surface area contributed by atoms with Gasteiger partial charge in [0, 0.05) is 4.88 Å². The molecule has 0 spiro atoms. The number of amides is 1. The van der Waals surface area contributed by atoms with Crippen molar-refractivity contribution in [3.8, 4) is 5.75 Å². The maximum atomic E-state index is 12.9. The molecule has 2 heterocycles. The third-order valence-electron chi connectivity index (χ3n) is 5.29. The van der Waals surface area contributed by atoms with Gasteiger partial charge in [0.05, 0.1) is 11.7 Å². The number of hydrogen-bond acceptors (Lipinski definition) is 6. The number of carbonyl (C=O) groups excluding carboxylic acids is 2. The van der Waals surface area contributed by atoms with E-state index in [-0.39, 0.29) is 24.4 Å². The molecule has 1 aliphatic carbocycles. The standard InChI is InChI=1S/C25H27NO5S/c1-15(2)30-25(28)22-18-9-5-7-11-21(18)32-24(22)26-23(27)20-13-12-17(31-20)14-29-19-10-6-4-8-16(19)3/h4,6,8,10,12-13,15H,5,7,9,11,14H2,1-3H3,(H,26,27). The average Bonchev–Trinajstić information content (AvgIpc) is 3.37. The lowest BCUT2D eigenvalue weighted by molar-refractivity contribution is 0.0378. The van der Waals surface area contributed by atoms with E-state index in [1.807, 2.05) is 45.0 Å². The van der Waals surface area contributed by atoms with E-state index in [4.69, 9.17) is 13.9 Å². The largest absolute Gasteiger partial charge is 0.485 e. The molecular formula is C25H27NO5S. The van der Waals surface area contributed by atoms with Crippen molar-refractivity contribution in [1.82, 2.24) is 0 Å². The summed E-state index contributed by atoms with van der Waals surface area (Å²) in [6.45, 7) is 5.83. The molecular weight excluding hydrogens is 426 g/mol. The van der Waals surface area contributed by atoms with Crippen LogP contribution in [0.25, 0.3) is 0 Å². The van der Waals surface area contributed by atoms with E-state index in [1.165, 1.54) is 11.3 Å². The van der Waals surface area contributed by atoms with E-state index in [2.05, 4.69) is 5.32 Å². The molecule has 1 N–H and O–H groups in total. The van der Waals surface area contributed by atoms with Crippen molar-refractivity contribution >= 4 is 28.2 Å². The van der Waals surface area contributed by atoms with Crippen molar-refractivity contribution in [2.75, 3.05) is 5.32 Å². The van der Waals surface area contributed by atoms with Crippen molar-refractivity contribution in [1.29, 1.82) is 0 Å². The molecule has 6 nitrogen and oxygen atoms in total. The zero-order valence-electron chi connectivity index (χ0n) is 18.5. The van der Waals surface area contributed by atoms with Crippen LogP contribution < -0.4 is 10.1 Å². The topological polar surface area (TPSA) is 77.8 Å². The lowest BCUT2D eigenvalue weighted by Gasteiger charge is -2.14. The zero-order chi connectivity index (χ0) is 22.7. The van der Waals surface area contributed by atoms with Gasteiger partial charge in [0.15, 0.2) is 5.76 Å². The molecule has 0 saturated heterocycles. The number of ether oxygens (including phenoxy) is 2. The van der Waals surface area contributed by atoms with Crippen LogP contribution >= 0.6 is 11.3 Å². The molecule has 1 aliphatic rings. The molecule has 0 fully saturated rings. The molecule has 168 valence electrons. The second-order valence-corrected chi connectivity index (χ2v) is 9.25. The van der Waals surface area contributed by atoms with Crippen LogP contribution in [0.3, 0.4) is 0 Å². The van der Waals surface area contributed by atoms with Gasteiger partial charge in [-0.1, -0.05) is 18.2 Å². The van der Waals surface area contributed by atoms with Crippen LogP contribution in [0.5, 0.6) is 5.75 Å². The monoisotopic (exact) mass is 453 g/mol. The highest BCUT2D eigenvalue weighted by atomic mass is 32.1. The van der Waals surface area contributed by atoms with Gasteiger partial charge in [-0.05, 0) is 75.8 Å². The van der Waals surface area contributed by atoms with E-state index in [9.17, 15) is 9.59 Å². The summed E-state index contributed by atoms with van der Waals surface area (Å²) in [6, 6.07) is 11.1. The molecule has 3 aromatic rings. The summed E-state index contributed by atoms with van der Waals surface area (Å²) in [5.41, 5.74) is 2.52. The average molecular weight is 454 g/mol. The Morgan fingerprint density at radius 3 is 2.69 bits per heavy atom. The lowest BCUT2D eigenvalue weighted by Crippen LogP contribution is -2.17. The SMILES string of the molecule is Cc1ccccc1OCc1ccc(C(=O)Nc2sc3c(c2C(=O)OC(C)C)CCCC3)o1. The molecule has 0 unspecified atom stereocenters. The molecule has 2 aromatic heterocycles. The van der Waals surface area contributed by atoms with Gasteiger partial charge in [-0.2, -0.15) is 0 Å². The Bertz CT molecular complexity index is 1130. The minimum Gasteiger partial charge on any atom is -0.485 e. The number of furan rings is 1. The van der Waals surface area contributed by atoms with Crippen molar-refractivity contribution in [3.63, 3.8) is 0 Å². The van der Waals surface area contributed by atoms with E-state index < -0.39 is 5.91 Å². The predicted molar refractivity (Wildman–Crippen MR) is 124 cm³/mol. The lowest BCUT2D eigenvalue weighted by atomic mass is 9.95. The maximum Gasteiger partial charge on any atom is 0.341 e. The van der Waals surface area contributed by atoms with Gasteiger partial charge in [-0.15, -0.1) is 11.3 Å². The van der Waals surface area contributed by atoms with Crippen molar-refractivity contribution in [2.45, 2.75) is 59.2 Å². The molecule has 4 rings (SSSR count). The Hall–Kier alpha value is -3.06. The molecule has 7 heteroatoms. The third-order valence-corrected chi connectivity index (χ3v) is 6.50. The quantitative estimate of drug-likeness (QED) is 0.449. The van der Waals surface area contributed by atoms with Gasteiger partial charge in [0.2, 0.25) is 0 Å². The van der Waals surface area contributed by atoms with Crippen LogP contribution in [0.4, 0.5) is 5.00 Å². The number of esters is 1. The van der Waals surface area contributed by atoms with E-state index in [0.717, 1.165) is 47.4 Å². The van der Waals surface area contributed by atoms with Gasteiger partial charge in [-0.25, -0.2) is 4.79 Å². The number of benzene rings is 1. The summed E-state index contributed by atoms with van der Waals surface area (Å²) in [4.78, 5) is 26.8. The van der Waals surface area contributed by atoms with Gasteiger partial charge in [0.1, 0.15) is 23.1 Å². The molecule has 0 saturated carbocycles. The maximum absolute atomic E-state index is 12.9. The van der Waals surface area contributed by atoms with Crippen molar-refractivity contribution in [3.05, 3.63) is 69.5 Å². The summed E-state index contributed by atoms with van der Waals surface area (Å²) in [7, 11) is 0. The van der Waals surface area contributed by atoms with E-state index in [1.54, 1.807) is 12.1 Å². The number of aryl methyl sites for hydroxylation is 2. The Morgan fingerprint density at radius 2 is 1.91 bits per heavy atom. The highest BCUT2D eigenvalue weighted by Gasteiger charge is 2.28. The first-order valence-corrected chi connectivity index (χ1v) is 11.7. The molecule has 1 aromatic carbocycles. The second-order valence-electron chi connectivity index (χ2n) is 8.14. The van der Waals surface area contributed by atoms with Crippen LogP contribution in [0.15, 0.2) is 40.8 Å². The number of para-hydroxylation sites is 1. The number of nitrogens with one attached hydrogen (secondary N) is 1. The van der Waals surface area contributed by atoms with Gasteiger partial charge < -0.3 is 19.2 Å². The summed E-state index contributed by atoms with van der Waals surface area (Å²) in [6.07, 6.45) is 3.62. The smallest absolute Gasteiger partial charge is 0.341 e. The van der Waals surface area contributed by atoms with Crippen LogP contribution in [0, 0.1) is 6.92 Å². The number of anilines is 1. The Morgan fingerprint density at radius 1 is 1.12 bits per heavy atom. The normalized spacial score (nSPS) is 13.0. The number of rotatable bonds is 7. The molecule has 32 heavy (non-hydrogen) atoms. The fourth-order valence-electron chi connectivity index (χ4n) is 3.75. The molecule has 0 radical (unpaired) electrons. The Labute approximate surface area is 191 Å². The fourth-order valence-corrected chi connectivity index (χ4v) is 5.02. The van der Waals surface area contributed by atoms with E-state index >= 15 is 0 Å².